The third-order valence-electron chi connectivity index (χ3n) is 10.5. The third-order valence-corrected chi connectivity index (χ3v) is 11.8. The van der Waals surface area contributed by atoms with E-state index in [1.165, 1.54) is 48.0 Å². The number of nitrogens with one attached hydrogen (secondary N) is 1. The first-order valence-corrected chi connectivity index (χ1v) is 18.5. The average molecular weight is 683 g/mol. The van der Waals surface area contributed by atoms with Crippen LogP contribution in [0.25, 0.3) is 71.4 Å². The number of fused-ring (bicyclic) bond motifs is 9. The molecule has 244 valence electrons. The summed E-state index contributed by atoms with van der Waals surface area (Å²) in [7, 11) is 0. The van der Waals surface area contributed by atoms with Crippen LogP contribution in [0.2, 0.25) is 0 Å². The minimum Gasteiger partial charge on any atom is -0.456 e. The smallest absolute Gasteiger partial charge is 0.136 e. The van der Waals surface area contributed by atoms with Crippen LogP contribution in [0.3, 0.4) is 0 Å². The maximum atomic E-state index is 6.58. The summed E-state index contributed by atoms with van der Waals surface area (Å²) in [5, 5.41) is 11.1. The number of amidine groups is 1. The monoisotopic (exact) mass is 682 g/mol. The fraction of sp³-hybridized carbons (Fsp3) is 0.0208. The van der Waals surface area contributed by atoms with Gasteiger partial charge in [0.2, 0.25) is 0 Å². The lowest BCUT2D eigenvalue weighted by molar-refractivity contribution is 0.669. The van der Waals surface area contributed by atoms with Gasteiger partial charge in [0.15, 0.2) is 0 Å². The number of nitrogens with zero attached hydrogens (tertiary/aromatic N) is 1. The van der Waals surface area contributed by atoms with Crippen LogP contribution in [0, 0.1) is 0 Å². The van der Waals surface area contributed by atoms with E-state index >= 15 is 0 Å². The molecule has 0 saturated heterocycles. The van der Waals surface area contributed by atoms with Gasteiger partial charge in [-0.1, -0.05) is 151 Å². The number of rotatable bonds is 4. The van der Waals surface area contributed by atoms with Crippen molar-refractivity contribution in [1.29, 1.82) is 0 Å². The summed E-state index contributed by atoms with van der Waals surface area (Å²) in [4.78, 5) is 7.86. The second-order valence-corrected chi connectivity index (χ2v) is 14.6. The topological polar surface area (TPSA) is 37.5 Å². The fourth-order valence-electron chi connectivity index (χ4n) is 8.07. The van der Waals surface area contributed by atoms with E-state index in [0.29, 0.717) is 0 Å². The highest BCUT2D eigenvalue weighted by Gasteiger charge is 2.35. The predicted molar refractivity (Wildman–Crippen MR) is 218 cm³/mol. The van der Waals surface area contributed by atoms with E-state index in [0.717, 1.165) is 55.7 Å². The molecule has 1 unspecified atom stereocenters. The highest BCUT2D eigenvalue weighted by atomic mass is 32.2. The number of furan rings is 1. The van der Waals surface area contributed by atoms with Gasteiger partial charge < -0.3 is 9.73 Å². The highest BCUT2D eigenvalue weighted by molar-refractivity contribution is 8.03. The molecule has 0 fully saturated rings. The number of benzene rings is 8. The van der Waals surface area contributed by atoms with Crippen LogP contribution in [-0.4, -0.2) is 5.84 Å². The van der Waals surface area contributed by atoms with Gasteiger partial charge >= 0.3 is 0 Å². The first-order valence-electron chi connectivity index (χ1n) is 17.7. The summed E-state index contributed by atoms with van der Waals surface area (Å²) in [5.74, 6) is 0.860. The molecule has 2 aliphatic rings. The van der Waals surface area contributed by atoms with Gasteiger partial charge in [-0.25, -0.2) is 4.99 Å². The molecular weight excluding hydrogens is 653 g/mol. The van der Waals surface area contributed by atoms with Crippen LogP contribution in [0.5, 0.6) is 0 Å². The Morgan fingerprint density at radius 3 is 2.12 bits per heavy atom. The second kappa shape index (κ2) is 11.6. The van der Waals surface area contributed by atoms with Gasteiger partial charge in [0.1, 0.15) is 17.0 Å². The molecule has 0 bridgehead atoms. The molecule has 1 aromatic heterocycles. The molecule has 2 aliphatic heterocycles. The van der Waals surface area contributed by atoms with Crippen LogP contribution >= 0.6 is 11.8 Å². The molecule has 9 aromatic rings. The van der Waals surface area contributed by atoms with E-state index in [1.807, 2.05) is 11.8 Å². The molecule has 3 nitrogen and oxygen atoms in total. The van der Waals surface area contributed by atoms with E-state index in [-0.39, 0.29) is 6.04 Å². The van der Waals surface area contributed by atoms with E-state index in [4.69, 9.17) is 9.41 Å². The Morgan fingerprint density at radius 1 is 0.500 bits per heavy atom. The van der Waals surface area contributed by atoms with Gasteiger partial charge in [-0.3, -0.25) is 0 Å². The van der Waals surface area contributed by atoms with Crippen molar-refractivity contribution in [3.05, 3.63) is 191 Å². The van der Waals surface area contributed by atoms with E-state index in [1.54, 1.807) is 0 Å². The fourth-order valence-corrected chi connectivity index (χ4v) is 9.32. The quantitative estimate of drug-likeness (QED) is 0.188. The summed E-state index contributed by atoms with van der Waals surface area (Å²) >= 11 is 1.82. The maximum absolute atomic E-state index is 6.58. The Kier molecular flexibility index (Phi) is 6.55. The zero-order valence-corrected chi connectivity index (χ0v) is 28.8. The largest absolute Gasteiger partial charge is 0.456 e. The molecule has 4 heteroatoms. The molecule has 8 aromatic carbocycles. The summed E-state index contributed by atoms with van der Waals surface area (Å²) < 4.78 is 6.58. The Hall–Kier alpha value is -6.36. The van der Waals surface area contributed by atoms with Crippen molar-refractivity contribution in [2.75, 3.05) is 0 Å². The predicted octanol–water partition coefficient (Wildman–Crippen LogP) is 12.8. The molecule has 1 N–H and O–H groups in total. The molecule has 0 spiro atoms. The van der Waals surface area contributed by atoms with Gasteiger partial charge in [-0.05, 0) is 79.7 Å². The van der Waals surface area contributed by atoms with Crippen LogP contribution in [0.4, 0.5) is 0 Å². The zero-order chi connectivity index (χ0) is 34.2. The van der Waals surface area contributed by atoms with Crippen molar-refractivity contribution in [3.63, 3.8) is 0 Å². The second-order valence-electron chi connectivity index (χ2n) is 13.5. The van der Waals surface area contributed by atoms with Gasteiger partial charge in [-0.2, -0.15) is 0 Å². The summed E-state index contributed by atoms with van der Waals surface area (Å²) in [6.45, 7) is 0. The molecular formula is C48H30N2OS. The van der Waals surface area contributed by atoms with Crippen LogP contribution < -0.4 is 5.32 Å². The molecule has 1 atom stereocenters. The summed E-state index contributed by atoms with van der Waals surface area (Å²) in [6, 6.07) is 60.7. The maximum Gasteiger partial charge on any atom is 0.136 e. The number of thioether (sulfide) groups is 1. The van der Waals surface area contributed by atoms with Crippen LogP contribution in [0.15, 0.2) is 189 Å². The lowest BCUT2D eigenvalue weighted by atomic mass is 9.92. The van der Waals surface area contributed by atoms with Crippen molar-refractivity contribution < 1.29 is 4.42 Å². The number of hydrogen-bond acceptors (Lipinski definition) is 4. The first-order chi connectivity index (χ1) is 25.8. The van der Waals surface area contributed by atoms with E-state index in [2.05, 4.69) is 175 Å². The molecule has 0 aliphatic carbocycles. The Labute approximate surface area is 305 Å². The highest BCUT2D eigenvalue weighted by Crippen LogP contribution is 2.52. The van der Waals surface area contributed by atoms with Gasteiger partial charge in [0.05, 0.1) is 11.7 Å². The van der Waals surface area contributed by atoms with Crippen molar-refractivity contribution >= 4 is 66.8 Å². The standard InChI is InChI=1S/C48H30N2OS/c1-2-11-31(12-3-1)45-47-46(38-17-8-9-20-43(38)52-47)50-48(49-45)39-18-10-19-41-44(39)37-26-25-32(28-42(37)51-41)29-21-23-30(24-22-29)40-27-33-13-4-5-14-34(33)35-15-6-7-16-36(35)40/h1-28,46H,(H,49,50). The summed E-state index contributed by atoms with van der Waals surface area (Å²) in [5.41, 5.74) is 10.9. The summed E-state index contributed by atoms with van der Waals surface area (Å²) in [6.07, 6.45) is 0. The van der Waals surface area contributed by atoms with Crippen molar-refractivity contribution in [1.82, 2.24) is 5.32 Å². The minimum atomic E-state index is 0.0412. The Bertz CT molecular complexity index is 2960. The SMILES string of the molecule is c1ccc(C2=C3Sc4ccccc4C3NC(c3cccc4oc5cc(-c6ccc(-c7cc8ccccc8c8ccccc78)cc6)ccc5c34)=N2)cc1. The molecule has 11 rings (SSSR count). The van der Waals surface area contributed by atoms with Crippen molar-refractivity contribution in [3.8, 4) is 22.3 Å². The van der Waals surface area contributed by atoms with Gasteiger partial charge in [-0.15, -0.1) is 0 Å². The zero-order valence-electron chi connectivity index (χ0n) is 28.0. The number of aliphatic imine (C=N–C) groups is 1. The molecule has 0 radical (unpaired) electrons. The van der Waals surface area contributed by atoms with Crippen molar-refractivity contribution in [2.45, 2.75) is 10.9 Å². The van der Waals surface area contributed by atoms with Gasteiger partial charge in [0.25, 0.3) is 0 Å². The van der Waals surface area contributed by atoms with E-state index in [9.17, 15) is 0 Å². The minimum absolute atomic E-state index is 0.0412. The Balaban J connectivity index is 0.991. The van der Waals surface area contributed by atoms with Gasteiger partial charge in [0, 0.05) is 31.7 Å². The van der Waals surface area contributed by atoms with Crippen LogP contribution in [-0.2, 0) is 0 Å². The first kappa shape index (κ1) is 29.4. The molecule has 0 saturated carbocycles. The average Bonchev–Trinajstić information content (AvgIpc) is 3.79. The third kappa shape index (κ3) is 4.58. The lowest BCUT2D eigenvalue weighted by Crippen LogP contribution is -2.32. The van der Waals surface area contributed by atoms with Crippen molar-refractivity contribution in [2.24, 2.45) is 4.99 Å². The Morgan fingerprint density at radius 2 is 1.23 bits per heavy atom. The molecule has 3 heterocycles. The number of hydrogen-bond donors (Lipinski definition) is 1. The molecule has 52 heavy (non-hydrogen) atoms. The normalized spacial score (nSPS) is 15.2. The van der Waals surface area contributed by atoms with E-state index < -0.39 is 0 Å². The van der Waals surface area contributed by atoms with Crippen LogP contribution in [0.1, 0.15) is 22.7 Å². The molecule has 0 amide bonds. The lowest BCUT2D eigenvalue weighted by Gasteiger charge is -2.25.